The summed E-state index contributed by atoms with van der Waals surface area (Å²) in [6.45, 7) is 2.19. The van der Waals surface area contributed by atoms with Crippen molar-refractivity contribution in [2.45, 2.75) is 19.9 Å². The highest BCUT2D eigenvalue weighted by Crippen LogP contribution is 2.24. The molecule has 0 radical (unpaired) electrons. The van der Waals surface area contributed by atoms with E-state index in [1.54, 1.807) is 41.7 Å². The molecule has 4 rings (SSSR count). The molecule has 0 saturated heterocycles. The highest BCUT2D eigenvalue weighted by atomic mass is 32.1. The van der Waals surface area contributed by atoms with Crippen LogP contribution < -0.4 is 5.32 Å². The van der Waals surface area contributed by atoms with Crippen molar-refractivity contribution >= 4 is 29.1 Å². The molecule has 1 aromatic carbocycles. The molecule has 3 aromatic rings. The Morgan fingerprint density at radius 1 is 1.14 bits per heavy atom. The van der Waals surface area contributed by atoms with Gasteiger partial charge >= 0.3 is 0 Å². The zero-order chi connectivity index (χ0) is 19.7. The second-order valence-electron chi connectivity index (χ2n) is 6.35. The van der Waals surface area contributed by atoms with Crippen LogP contribution in [0.5, 0.6) is 0 Å². The van der Waals surface area contributed by atoms with Gasteiger partial charge in [0.25, 0.3) is 11.8 Å². The number of hydrogen-bond acceptors (Lipinski definition) is 6. The summed E-state index contributed by atoms with van der Waals surface area (Å²) >= 11 is 1.54. The molecule has 1 aliphatic rings. The molecule has 28 heavy (non-hydrogen) atoms. The molecule has 3 amide bonds. The van der Waals surface area contributed by atoms with Gasteiger partial charge in [-0.05, 0) is 31.2 Å². The topological polar surface area (TPSA) is 92.5 Å². The summed E-state index contributed by atoms with van der Waals surface area (Å²) in [4.78, 5) is 42.2. The van der Waals surface area contributed by atoms with Gasteiger partial charge in [-0.25, -0.2) is 4.98 Å². The van der Waals surface area contributed by atoms with Gasteiger partial charge in [0.2, 0.25) is 5.91 Å². The van der Waals surface area contributed by atoms with E-state index in [1.807, 2.05) is 18.4 Å². The zero-order valence-electron chi connectivity index (χ0n) is 15.1. The maximum atomic E-state index is 12.3. The van der Waals surface area contributed by atoms with Crippen LogP contribution in [0.2, 0.25) is 0 Å². The molecule has 7 nitrogen and oxygen atoms in total. The van der Waals surface area contributed by atoms with Crippen molar-refractivity contribution < 1.29 is 18.8 Å². The molecule has 1 aliphatic heterocycles. The largest absolute Gasteiger partial charge is 0.458 e. The van der Waals surface area contributed by atoms with Crippen molar-refractivity contribution in [1.29, 1.82) is 0 Å². The highest BCUT2D eigenvalue weighted by Gasteiger charge is 2.34. The van der Waals surface area contributed by atoms with E-state index in [2.05, 4.69) is 10.3 Å². The maximum Gasteiger partial charge on any atom is 0.261 e. The molecule has 0 bridgehead atoms. The van der Waals surface area contributed by atoms with Gasteiger partial charge in [-0.2, -0.15) is 0 Å². The number of carbonyl (C=O) groups excluding carboxylic acids is 3. The lowest BCUT2D eigenvalue weighted by Crippen LogP contribution is -2.34. The fourth-order valence-electron chi connectivity index (χ4n) is 3.02. The quantitative estimate of drug-likeness (QED) is 0.648. The predicted octanol–water partition coefficient (Wildman–Crippen LogP) is 3.01. The number of furan rings is 1. The van der Waals surface area contributed by atoms with Crippen LogP contribution in [-0.2, 0) is 11.3 Å². The van der Waals surface area contributed by atoms with Gasteiger partial charge in [0, 0.05) is 18.3 Å². The molecule has 8 heteroatoms. The number of thiazole rings is 1. The highest BCUT2D eigenvalue weighted by molar-refractivity contribution is 7.09. The minimum atomic E-state index is -0.359. The van der Waals surface area contributed by atoms with E-state index < -0.39 is 0 Å². The van der Waals surface area contributed by atoms with Crippen LogP contribution in [0.15, 0.2) is 46.2 Å². The monoisotopic (exact) mass is 395 g/mol. The number of carbonyl (C=O) groups is 3. The first-order chi connectivity index (χ1) is 13.5. The SMILES string of the molecule is Cc1nc(-c2ccc(CNC(=O)CCN3C(=O)c4ccccc4C3=O)o2)cs1. The Bertz CT molecular complexity index is 1030. The normalized spacial score (nSPS) is 13.1. The summed E-state index contributed by atoms with van der Waals surface area (Å²) in [6, 6.07) is 10.3. The Kier molecular flexibility index (Phi) is 4.79. The number of nitrogens with one attached hydrogen (secondary N) is 1. The lowest BCUT2D eigenvalue weighted by molar-refractivity contribution is -0.121. The second-order valence-corrected chi connectivity index (χ2v) is 7.41. The molecule has 0 saturated carbocycles. The molecule has 0 spiro atoms. The predicted molar refractivity (Wildman–Crippen MR) is 103 cm³/mol. The third kappa shape index (κ3) is 3.46. The van der Waals surface area contributed by atoms with Gasteiger partial charge in [-0.15, -0.1) is 11.3 Å². The molecule has 142 valence electrons. The Morgan fingerprint density at radius 3 is 2.50 bits per heavy atom. The summed E-state index contributed by atoms with van der Waals surface area (Å²) in [7, 11) is 0. The van der Waals surface area contributed by atoms with Crippen molar-refractivity contribution in [3.05, 3.63) is 63.7 Å². The Labute approximate surface area is 165 Å². The number of hydrogen-bond donors (Lipinski definition) is 1. The van der Waals surface area contributed by atoms with Crippen LogP contribution in [0.3, 0.4) is 0 Å². The number of nitrogens with zero attached hydrogens (tertiary/aromatic N) is 2. The summed E-state index contributed by atoms with van der Waals surface area (Å²) < 4.78 is 5.70. The van der Waals surface area contributed by atoms with Crippen molar-refractivity contribution in [1.82, 2.24) is 15.2 Å². The molecular weight excluding hydrogens is 378 g/mol. The first kappa shape index (κ1) is 18.1. The van der Waals surface area contributed by atoms with E-state index in [0.717, 1.165) is 15.6 Å². The number of benzene rings is 1. The maximum absolute atomic E-state index is 12.3. The van der Waals surface area contributed by atoms with Crippen LogP contribution in [0.1, 0.15) is 37.9 Å². The number of fused-ring (bicyclic) bond motifs is 1. The molecule has 0 fully saturated rings. The lowest BCUT2D eigenvalue weighted by atomic mass is 10.1. The molecule has 0 unspecified atom stereocenters. The fourth-order valence-corrected chi connectivity index (χ4v) is 3.62. The Hall–Kier alpha value is -3.26. The second kappa shape index (κ2) is 7.40. The zero-order valence-corrected chi connectivity index (χ0v) is 15.9. The molecular formula is C20H17N3O4S. The molecule has 0 atom stereocenters. The summed E-state index contributed by atoms with van der Waals surface area (Å²) in [5, 5.41) is 5.61. The van der Waals surface area contributed by atoms with Crippen molar-refractivity contribution in [3.8, 4) is 11.5 Å². The fraction of sp³-hybridized carbons (Fsp3) is 0.200. The van der Waals surface area contributed by atoms with Crippen LogP contribution >= 0.6 is 11.3 Å². The summed E-state index contributed by atoms with van der Waals surface area (Å²) in [5.41, 5.74) is 1.53. The number of aromatic nitrogens is 1. The third-order valence-corrected chi connectivity index (χ3v) is 5.21. The Balaban J connectivity index is 1.30. The van der Waals surface area contributed by atoms with Gasteiger partial charge in [-0.1, -0.05) is 12.1 Å². The molecule has 1 N–H and O–H groups in total. The van der Waals surface area contributed by atoms with E-state index >= 15 is 0 Å². The van der Waals surface area contributed by atoms with Crippen molar-refractivity contribution in [2.75, 3.05) is 6.54 Å². The van der Waals surface area contributed by atoms with Gasteiger partial charge in [0.05, 0.1) is 22.7 Å². The van der Waals surface area contributed by atoms with Crippen LogP contribution in [0.4, 0.5) is 0 Å². The standard InChI is InChI=1S/C20H17N3O4S/c1-12-22-16(11-28-12)17-7-6-13(27-17)10-21-18(24)8-9-23-19(25)14-4-2-3-5-15(14)20(23)26/h2-7,11H,8-10H2,1H3,(H,21,24). The minimum absolute atomic E-state index is 0.0321. The van der Waals surface area contributed by atoms with Crippen LogP contribution in [0.25, 0.3) is 11.5 Å². The van der Waals surface area contributed by atoms with E-state index in [4.69, 9.17) is 4.42 Å². The average molecular weight is 395 g/mol. The number of imide groups is 1. The summed E-state index contributed by atoms with van der Waals surface area (Å²) in [6.07, 6.45) is 0.0321. The minimum Gasteiger partial charge on any atom is -0.458 e. The third-order valence-electron chi connectivity index (χ3n) is 4.43. The average Bonchev–Trinajstić information content (AvgIpc) is 3.39. The number of aryl methyl sites for hydroxylation is 1. The molecule has 2 aromatic heterocycles. The molecule has 3 heterocycles. The van der Waals surface area contributed by atoms with Gasteiger partial charge < -0.3 is 9.73 Å². The Morgan fingerprint density at radius 2 is 1.86 bits per heavy atom. The first-order valence-electron chi connectivity index (χ1n) is 8.76. The van der Waals surface area contributed by atoms with Gasteiger partial charge in [-0.3, -0.25) is 19.3 Å². The van der Waals surface area contributed by atoms with Gasteiger partial charge in [0.15, 0.2) is 5.76 Å². The smallest absolute Gasteiger partial charge is 0.261 e. The van der Waals surface area contributed by atoms with Crippen LogP contribution in [-0.4, -0.2) is 34.2 Å². The first-order valence-corrected chi connectivity index (χ1v) is 9.64. The molecule has 0 aliphatic carbocycles. The lowest BCUT2D eigenvalue weighted by Gasteiger charge is -2.13. The van der Waals surface area contributed by atoms with E-state index in [9.17, 15) is 14.4 Å². The summed E-state index contributed by atoms with van der Waals surface area (Å²) in [5.74, 6) is 0.277. The van der Waals surface area contributed by atoms with E-state index in [0.29, 0.717) is 22.6 Å². The van der Waals surface area contributed by atoms with Gasteiger partial charge in [0.1, 0.15) is 11.5 Å². The number of amides is 3. The van der Waals surface area contributed by atoms with Crippen molar-refractivity contribution in [2.24, 2.45) is 0 Å². The number of rotatable bonds is 6. The van der Waals surface area contributed by atoms with E-state index in [-0.39, 0.29) is 37.2 Å². The van der Waals surface area contributed by atoms with Crippen molar-refractivity contribution in [3.63, 3.8) is 0 Å². The van der Waals surface area contributed by atoms with Crippen LogP contribution in [0, 0.1) is 6.92 Å². The van der Waals surface area contributed by atoms with E-state index in [1.165, 1.54) is 0 Å².